The van der Waals surface area contributed by atoms with E-state index < -0.39 is 13.5 Å². The SMILES string of the molecule is CCCCP(=O)(O)CC(O)CN.Cl. The van der Waals surface area contributed by atoms with Gasteiger partial charge in [0.1, 0.15) is 0 Å². The molecule has 0 aliphatic heterocycles. The van der Waals surface area contributed by atoms with E-state index >= 15 is 0 Å². The summed E-state index contributed by atoms with van der Waals surface area (Å²) in [5.74, 6) is 0. The molecule has 0 heterocycles. The van der Waals surface area contributed by atoms with E-state index in [1.54, 1.807) is 0 Å². The van der Waals surface area contributed by atoms with E-state index in [9.17, 15) is 9.46 Å². The first-order chi connectivity index (χ1) is 5.52. The van der Waals surface area contributed by atoms with Crippen LogP contribution in [-0.2, 0) is 4.57 Å². The highest BCUT2D eigenvalue weighted by molar-refractivity contribution is 7.58. The molecule has 0 fully saturated rings. The second-order valence-electron chi connectivity index (χ2n) is 3.00. The largest absolute Gasteiger partial charge is 0.391 e. The summed E-state index contributed by atoms with van der Waals surface area (Å²) in [6.45, 7) is 2.01. The molecular weight excluding hydrogens is 213 g/mol. The highest BCUT2D eigenvalue weighted by Crippen LogP contribution is 2.41. The summed E-state index contributed by atoms with van der Waals surface area (Å²) in [5, 5.41) is 9.04. The molecule has 0 spiro atoms. The third kappa shape index (κ3) is 8.72. The lowest BCUT2D eigenvalue weighted by molar-refractivity contribution is 0.202. The maximum absolute atomic E-state index is 11.3. The molecule has 2 atom stereocenters. The number of hydrogen-bond acceptors (Lipinski definition) is 3. The normalized spacial score (nSPS) is 17.2. The van der Waals surface area contributed by atoms with Crippen LogP contribution in [0.5, 0.6) is 0 Å². The summed E-state index contributed by atoms with van der Waals surface area (Å²) in [5.41, 5.74) is 5.13. The molecule has 0 amide bonds. The minimum Gasteiger partial charge on any atom is -0.391 e. The number of halogens is 1. The minimum absolute atomic E-state index is 0. The van der Waals surface area contributed by atoms with E-state index in [-0.39, 0.29) is 25.1 Å². The molecule has 0 aliphatic carbocycles. The number of rotatable bonds is 6. The zero-order valence-corrected chi connectivity index (χ0v) is 9.56. The summed E-state index contributed by atoms with van der Waals surface area (Å²) < 4.78 is 11.3. The molecule has 13 heavy (non-hydrogen) atoms. The standard InChI is InChI=1S/C7H18NO3P.ClH/c1-2-3-4-12(10,11)6-7(9)5-8;/h7,9H,2-6,8H2,1H3,(H,10,11);1H. The summed E-state index contributed by atoms with van der Waals surface area (Å²) in [4.78, 5) is 9.29. The lowest BCUT2D eigenvalue weighted by Gasteiger charge is -2.13. The minimum atomic E-state index is -3.11. The Morgan fingerprint density at radius 1 is 1.54 bits per heavy atom. The van der Waals surface area contributed by atoms with Crippen molar-refractivity contribution < 1.29 is 14.6 Å². The summed E-state index contributed by atoms with van der Waals surface area (Å²) in [6.07, 6.45) is 1.01. The Balaban J connectivity index is 0. The molecule has 6 heteroatoms. The number of hydrogen-bond donors (Lipinski definition) is 3. The Hall–Kier alpha value is 0.400. The molecule has 4 N–H and O–H groups in total. The van der Waals surface area contributed by atoms with Crippen molar-refractivity contribution in [2.45, 2.75) is 25.9 Å². The summed E-state index contributed by atoms with van der Waals surface area (Å²) >= 11 is 0. The molecule has 4 nitrogen and oxygen atoms in total. The van der Waals surface area contributed by atoms with E-state index in [2.05, 4.69) is 0 Å². The van der Waals surface area contributed by atoms with Crippen molar-refractivity contribution >= 4 is 19.8 Å². The Morgan fingerprint density at radius 3 is 2.46 bits per heavy atom. The van der Waals surface area contributed by atoms with Gasteiger partial charge < -0.3 is 15.7 Å². The van der Waals surface area contributed by atoms with Crippen LogP contribution in [0.2, 0.25) is 0 Å². The zero-order chi connectivity index (χ0) is 9.61. The van der Waals surface area contributed by atoms with Crippen molar-refractivity contribution in [1.82, 2.24) is 0 Å². The van der Waals surface area contributed by atoms with Crippen molar-refractivity contribution in [3.63, 3.8) is 0 Å². The second kappa shape index (κ2) is 7.77. The average Bonchev–Trinajstić information content (AvgIpc) is 2.00. The third-order valence-corrected chi connectivity index (χ3v) is 3.64. The Bertz CT molecular complexity index is 168. The van der Waals surface area contributed by atoms with E-state index in [4.69, 9.17) is 10.8 Å². The maximum atomic E-state index is 11.3. The van der Waals surface area contributed by atoms with Crippen LogP contribution in [0.25, 0.3) is 0 Å². The Labute approximate surface area is 85.4 Å². The van der Waals surface area contributed by atoms with Gasteiger partial charge in [0.15, 0.2) is 0 Å². The van der Waals surface area contributed by atoms with Crippen LogP contribution in [0, 0.1) is 0 Å². The van der Waals surface area contributed by atoms with E-state index in [0.717, 1.165) is 12.8 Å². The molecule has 0 radical (unpaired) electrons. The monoisotopic (exact) mass is 231 g/mol. The van der Waals surface area contributed by atoms with Crippen LogP contribution in [0.4, 0.5) is 0 Å². The van der Waals surface area contributed by atoms with Crippen LogP contribution in [0.15, 0.2) is 0 Å². The molecule has 0 rings (SSSR count). The summed E-state index contributed by atoms with van der Waals surface area (Å²) in [7, 11) is -3.11. The van der Waals surface area contributed by atoms with Crippen molar-refractivity contribution in [3.8, 4) is 0 Å². The number of aliphatic hydroxyl groups is 1. The average molecular weight is 232 g/mol. The van der Waals surface area contributed by atoms with Gasteiger partial charge in [-0.1, -0.05) is 13.3 Å². The van der Waals surface area contributed by atoms with Gasteiger partial charge >= 0.3 is 0 Å². The summed E-state index contributed by atoms with van der Waals surface area (Å²) in [6, 6.07) is 0. The lowest BCUT2D eigenvalue weighted by atomic mass is 10.4. The number of nitrogens with two attached hydrogens (primary N) is 1. The van der Waals surface area contributed by atoms with Gasteiger partial charge in [-0.25, -0.2) is 0 Å². The van der Waals surface area contributed by atoms with Gasteiger partial charge in [0.25, 0.3) is 0 Å². The highest BCUT2D eigenvalue weighted by atomic mass is 35.5. The Morgan fingerprint density at radius 2 is 2.08 bits per heavy atom. The smallest absolute Gasteiger partial charge is 0.203 e. The predicted octanol–water partition coefficient (Wildman–Crippen LogP) is 0.798. The molecule has 0 bridgehead atoms. The number of aliphatic hydroxyl groups excluding tert-OH is 1. The van der Waals surface area contributed by atoms with Crippen LogP contribution in [-0.4, -0.2) is 35.0 Å². The van der Waals surface area contributed by atoms with Gasteiger partial charge in [-0.3, -0.25) is 4.57 Å². The van der Waals surface area contributed by atoms with Crippen LogP contribution in [0.1, 0.15) is 19.8 Å². The molecule has 82 valence electrons. The highest BCUT2D eigenvalue weighted by Gasteiger charge is 2.20. The first-order valence-corrected chi connectivity index (χ1v) is 6.24. The molecular formula is C7H19ClNO3P. The first-order valence-electron chi connectivity index (χ1n) is 4.21. The quantitative estimate of drug-likeness (QED) is 0.591. The van der Waals surface area contributed by atoms with Gasteiger partial charge in [0.2, 0.25) is 7.37 Å². The molecule has 2 unspecified atom stereocenters. The third-order valence-electron chi connectivity index (χ3n) is 1.63. The van der Waals surface area contributed by atoms with Crippen molar-refractivity contribution in [1.29, 1.82) is 0 Å². The van der Waals surface area contributed by atoms with Gasteiger partial charge in [0.05, 0.1) is 12.3 Å². The molecule has 0 saturated carbocycles. The van der Waals surface area contributed by atoms with Crippen LogP contribution < -0.4 is 5.73 Å². The molecule has 0 aliphatic rings. The lowest BCUT2D eigenvalue weighted by Crippen LogP contribution is -2.24. The molecule has 0 aromatic rings. The van der Waals surface area contributed by atoms with Gasteiger partial charge in [0, 0.05) is 12.7 Å². The number of unbranched alkanes of at least 4 members (excludes halogenated alkanes) is 1. The molecule has 0 aromatic heterocycles. The van der Waals surface area contributed by atoms with E-state index in [0.29, 0.717) is 6.16 Å². The molecule has 0 saturated heterocycles. The fourth-order valence-electron chi connectivity index (χ4n) is 0.900. The fraction of sp³-hybridized carbons (Fsp3) is 1.00. The van der Waals surface area contributed by atoms with Gasteiger partial charge in [-0.15, -0.1) is 12.4 Å². The Kier molecular flexibility index (Phi) is 9.48. The second-order valence-corrected chi connectivity index (χ2v) is 5.50. The topological polar surface area (TPSA) is 83.5 Å². The van der Waals surface area contributed by atoms with E-state index in [1.807, 2.05) is 6.92 Å². The van der Waals surface area contributed by atoms with Crippen molar-refractivity contribution in [3.05, 3.63) is 0 Å². The maximum Gasteiger partial charge on any atom is 0.203 e. The predicted molar refractivity (Wildman–Crippen MR) is 56.8 cm³/mol. The molecule has 0 aromatic carbocycles. The first kappa shape index (κ1) is 15.9. The van der Waals surface area contributed by atoms with Gasteiger partial charge in [-0.05, 0) is 6.42 Å². The van der Waals surface area contributed by atoms with Crippen molar-refractivity contribution in [2.75, 3.05) is 18.9 Å². The van der Waals surface area contributed by atoms with Crippen molar-refractivity contribution in [2.24, 2.45) is 5.73 Å². The van der Waals surface area contributed by atoms with Crippen LogP contribution in [0.3, 0.4) is 0 Å². The van der Waals surface area contributed by atoms with Gasteiger partial charge in [-0.2, -0.15) is 0 Å². The fourth-order valence-corrected chi connectivity index (χ4v) is 2.70. The zero-order valence-electron chi connectivity index (χ0n) is 7.85. The van der Waals surface area contributed by atoms with Crippen LogP contribution >= 0.6 is 19.8 Å². The van der Waals surface area contributed by atoms with E-state index in [1.165, 1.54) is 0 Å².